The molecule has 0 radical (unpaired) electrons. The van der Waals surface area contributed by atoms with Crippen molar-refractivity contribution in [3.8, 4) is 23.0 Å². The van der Waals surface area contributed by atoms with Crippen LogP contribution in [0.2, 0.25) is 0 Å². The lowest BCUT2D eigenvalue weighted by Crippen LogP contribution is -2.61. The highest BCUT2D eigenvalue weighted by molar-refractivity contribution is 7.90. The minimum atomic E-state index is -3.70. The van der Waals surface area contributed by atoms with Gasteiger partial charge in [0.05, 0.1) is 54.7 Å². The number of aromatic nitrogens is 3. The van der Waals surface area contributed by atoms with E-state index in [2.05, 4.69) is 15.4 Å². The molecule has 3 aromatic carbocycles. The zero-order valence-corrected chi connectivity index (χ0v) is 39.1. The Balaban J connectivity index is 0.803. The highest BCUT2D eigenvalue weighted by atomic mass is 32.2. The van der Waals surface area contributed by atoms with Crippen LogP contribution in [0.3, 0.4) is 0 Å². The van der Waals surface area contributed by atoms with Gasteiger partial charge < -0.3 is 19.1 Å². The maximum atomic E-state index is 16.0. The zero-order chi connectivity index (χ0) is 48.9. The molecule has 0 bridgehead atoms. The number of methoxy groups -OCH3 is 1. The summed E-state index contributed by atoms with van der Waals surface area (Å²) >= 11 is 0. The third-order valence-corrected chi connectivity index (χ3v) is 13.8. The van der Waals surface area contributed by atoms with Crippen LogP contribution >= 0.6 is 0 Å². The number of imide groups is 2. The van der Waals surface area contributed by atoms with Gasteiger partial charge in [0.2, 0.25) is 5.91 Å². The van der Waals surface area contributed by atoms with Gasteiger partial charge in [0.25, 0.3) is 17.7 Å². The van der Waals surface area contributed by atoms with Crippen molar-refractivity contribution in [3.05, 3.63) is 94.9 Å². The first-order valence-corrected chi connectivity index (χ1v) is 24.5. The summed E-state index contributed by atoms with van der Waals surface area (Å²) in [5.41, 5.74) is 1.74. The van der Waals surface area contributed by atoms with Crippen molar-refractivity contribution >= 4 is 56.1 Å². The first kappa shape index (κ1) is 47.3. The molecule has 3 fully saturated rings. The lowest BCUT2D eigenvalue weighted by molar-refractivity contribution is -0.129. The van der Waals surface area contributed by atoms with E-state index in [0.29, 0.717) is 78.9 Å². The number of alkyl halides is 2. The number of sulfone groups is 1. The minimum absolute atomic E-state index is 0.0350. The highest BCUT2D eigenvalue weighted by Crippen LogP contribution is 2.39. The molecule has 3 saturated heterocycles. The number of likely N-dealkylation sites (tertiary alicyclic amines) is 1. The highest BCUT2D eigenvalue weighted by Gasteiger charge is 2.48. The average Bonchev–Trinajstić information content (AvgIpc) is 3.75. The van der Waals surface area contributed by atoms with Crippen LogP contribution in [0.15, 0.2) is 66.9 Å². The predicted octanol–water partition coefficient (Wildman–Crippen LogP) is 5.17. The van der Waals surface area contributed by atoms with E-state index in [0.717, 1.165) is 16.7 Å². The largest absolute Gasteiger partial charge is 0.493 e. The van der Waals surface area contributed by atoms with Crippen LogP contribution in [0.1, 0.15) is 57.7 Å². The van der Waals surface area contributed by atoms with Gasteiger partial charge in [0, 0.05) is 83.2 Å². The maximum absolute atomic E-state index is 16.0. The fourth-order valence-corrected chi connectivity index (χ4v) is 10.5. The lowest BCUT2D eigenvalue weighted by Gasteiger charge is -2.46. The van der Waals surface area contributed by atoms with Crippen molar-refractivity contribution in [3.63, 3.8) is 0 Å². The molecule has 0 spiro atoms. The Morgan fingerprint density at radius 3 is 2.32 bits per heavy atom. The number of nitrogens with one attached hydrogen (secondary N) is 1. The van der Waals surface area contributed by atoms with Crippen molar-refractivity contribution in [2.75, 3.05) is 81.3 Å². The fourth-order valence-electron chi connectivity index (χ4n) is 9.55. The molecule has 5 amide bonds. The standard InChI is InChI=1S/C47H50F3N9O9S/c1-5-67-39-20-29(8-11-37(39)66-3)36(26-69(4,64)65)59-44(61)31-22-41(51-24-33(31)45(59)62)57-18-16-56(17-19-57)40-12-14-55(27-47(40,49)50)25-28-6-9-30(10-7-28)68-38-23-35-32(21-34(38)48)43(53-54(35)2)58-15-13-42(60)52-46(58)63/h6-11,20-24,36,40H,5,12-19,25-27H2,1-4H3,(H,52,60,63)/t36-,40-/m1/s1. The summed E-state index contributed by atoms with van der Waals surface area (Å²) in [6.07, 6.45) is 2.66. The number of piperazine rings is 1. The summed E-state index contributed by atoms with van der Waals surface area (Å²) in [5.74, 6) is -4.40. The van der Waals surface area contributed by atoms with E-state index in [4.69, 9.17) is 14.2 Å². The number of rotatable bonds is 14. The summed E-state index contributed by atoms with van der Waals surface area (Å²) < 4.78 is 91.1. The SMILES string of the molecule is CCOc1cc([C@@H](CS(C)(=O)=O)N2C(=O)c3cnc(N4CCN([C@@H]5CCN(Cc6ccc(Oc7cc8c(cc7F)c(N7CCC(=O)NC7=O)nn8C)cc6)CC5(F)F)CC4)cc3C2=O)ccc1OC. The first-order valence-electron chi connectivity index (χ1n) is 22.4. The van der Waals surface area contributed by atoms with Gasteiger partial charge in [0.1, 0.15) is 21.4 Å². The van der Waals surface area contributed by atoms with Gasteiger partial charge in [-0.25, -0.2) is 31.4 Å². The zero-order valence-electron chi connectivity index (χ0n) is 38.3. The maximum Gasteiger partial charge on any atom is 0.329 e. The number of hydrogen-bond acceptors (Lipinski definition) is 14. The number of fused-ring (bicyclic) bond motifs is 2. The van der Waals surface area contributed by atoms with Crippen molar-refractivity contribution < 1.29 is 55.0 Å². The summed E-state index contributed by atoms with van der Waals surface area (Å²) in [5, 5.41) is 7.00. The number of piperidine rings is 1. The van der Waals surface area contributed by atoms with E-state index in [1.54, 1.807) is 66.2 Å². The monoisotopic (exact) mass is 973 g/mol. The van der Waals surface area contributed by atoms with Crippen LogP contribution in [0.25, 0.3) is 10.9 Å². The Hall–Kier alpha value is -6.78. The first-order chi connectivity index (χ1) is 32.9. The van der Waals surface area contributed by atoms with Crippen LogP contribution in [-0.4, -0.2) is 145 Å². The molecular weight excluding hydrogens is 924 g/mol. The molecule has 2 atom stereocenters. The van der Waals surface area contributed by atoms with Crippen LogP contribution < -0.4 is 29.3 Å². The van der Waals surface area contributed by atoms with Gasteiger partial charge in [-0.05, 0) is 60.9 Å². The quantitative estimate of drug-likeness (QED) is 0.144. The van der Waals surface area contributed by atoms with E-state index < -0.39 is 69.7 Å². The van der Waals surface area contributed by atoms with Crippen LogP contribution in [0.4, 0.5) is 29.6 Å². The smallest absolute Gasteiger partial charge is 0.329 e. The fraction of sp³-hybridized carbons (Fsp3) is 0.404. The van der Waals surface area contributed by atoms with Gasteiger partial charge in [-0.2, -0.15) is 5.10 Å². The summed E-state index contributed by atoms with van der Waals surface area (Å²) in [4.78, 5) is 64.0. The van der Waals surface area contributed by atoms with E-state index >= 15 is 13.2 Å². The van der Waals surface area contributed by atoms with Gasteiger partial charge in [-0.15, -0.1) is 0 Å². The molecule has 22 heteroatoms. The topological polar surface area (TPSA) is 189 Å². The molecule has 6 heterocycles. The van der Waals surface area contributed by atoms with E-state index in [9.17, 15) is 27.6 Å². The molecule has 4 aliphatic heterocycles. The molecule has 9 rings (SSSR count). The number of anilines is 2. The summed E-state index contributed by atoms with van der Waals surface area (Å²) in [6, 6.07) is 12.9. The number of benzene rings is 3. The molecule has 0 aliphatic carbocycles. The molecular formula is C47H50F3N9O9S. The molecule has 4 aliphatic rings. The predicted molar refractivity (Wildman–Crippen MR) is 246 cm³/mol. The molecule has 5 aromatic rings. The molecule has 1 N–H and O–H groups in total. The Bertz CT molecular complexity index is 2970. The number of carbonyl (C=O) groups excluding carboxylic acids is 4. The normalized spacial score (nSPS) is 19.5. The summed E-state index contributed by atoms with van der Waals surface area (Å²) in [7, 11) is -0.593. The number of halogens is 3. The second kappa shape index (κ2) is 18.6. The molecule has 2 aromatic heterocycles. The van der Waals surface area contributed by atoms with Gasteiger partial charge in [-0.3, -0.25) is 44.0 Å². The van der Waals surface area contributed by atoms with Crippen LogP contribution in [-0.2, 0) is 28.2 Å². The Labute approximate surface area is 395 Å². The Kier molecular flexibility index (Phi) is 12.8. The third kappa shape index (κ3) is 9.51. The number of hydrogen-bond donors (Lipinski definition) is 1. The molecule has 0 unspecified atom stereocenters. The average molecular weight is 974 g/mol. The second-order valence-electron chi connectivity index (χ2n) is 17.6. The molecule has 69 heavy (non-hydrogen) atoms. The van der Waals surface area contributed by atoms with Crippen LogP contribution in [0, 0.1) is 5.82 Å². The Morgan fingerprint density at radius 1 is 0.899 bits per heavy atom. The lowest BCUT2D eigenvalue weighted by atomic mass is 9.97. The number of carbonyl (C=O) groups is 4. The van der Waals surface area contributed by atoms with Crippen molar-refractivity contribution in [2.24, 2.45) is 7.05 Å². The van der Waals surface area contributed by atoms with Gasteiger partial charge in [-0.1, -0.05) is 18.2 Å². The number of pyridine rings is 1. The summed E-state index contributed by atoms with van der Waals surface area (Å²) in [6.45, 7) is 3.71. The van der Waals surface area contributed by atoms with Gasteiger partial charge in [0.15, 0.2) is 28.9 Å². The van der Waals surface area contributed by atoms with E-state index in [1.165, 1.54) is 41.1 Å². The number of amides is 5. The van der Waals surface area contributed by atoms with Crippen LogP contribution in [0.5, 0.6) is 23.0 Å². The number of ether oxygens (including phenoxy) is 3. The van der Waals surface area contributed by atoms with Crippen molar-refractivity contribution in [1.82, 2.24) is 34.8 Å². The number of aryl methyl sites for hydroxylation is 1. The Morgan fingerprint density at radius 2 is 1.64 bits per heavy atom. The van der Waals surface area contributed by atoms with Gasteiger partial charge >= 0.3 is 6.03 Å². The van der Waals surface area contributed by atoms with Crippen molar-refractivity contribution in [2.45, 2.75) is 44.3 Å². The third-order valence-electron chi connectivity index (χ3n) is 12.9. The van der Waals surface area contributed by atoms with Crippen molar-refractivity contribution in [1.29, 1.82) is 0 Å². The molecule has 0 saturated carbocycles. The van der Waals surface area contributed by atoms with E-state index in [-0.39, 0.29) is 48.6 Å². The number of nitrogens with zero attached hydrogens (tertiary/aromatic N) is 8. The molecule has 364 valence electrons. The minimum Gasteiger partial charge on any atom is -0.493 e. The van der Waals surface area contributed by atoms with E-state index in [1.807, 2.05) is 4.90 Å². The number of urea groups is 1. The molecule has 18 nitrogen and oxygen atoms in total. The second-order valence-corrected chi connectivity index (χ2v) is 19.8.